The van der Waals surface area contributed by atoms with Crippen molar-refractivity contribution in [3.05, 3.63) is 12.2 Å². The Balaban J connectivity index is 3.33. The van der Waals surface area contributed by atoms with E-state index < -0.39 is 0 Å². The molecule has 1 atom stereocenters. The van der Waals surface area contributed by atoms with Crippen molar-refractivity contribution in [3.63, 3.8) is 0 Å². The van der Waals surface area contributed by atoms with Crippen LogP contribution in [0.15, 0.2) is 12.2 Å². The van der Waals surface area contributed by atoms with Gasteiger partial charge >= 0.3 is 0 Å². The van der Waals surface area contributed by atoms with Gasteiger partial charge in [0.25, 0.3) is 0 Å². The van der Waals surface area contributed by atoms with Crippen molar-refractivity contribution in [2.24, 2.45) is 11.8 Å². The third kappa shape index (κ3) is 5.87. The number of allylic oxidation sites excluding steroid dienone is 2. The summed E-state index contributed by atoms with van der Waals surface area (Å²) in [6.07, 6.45) is 7.13. The highest BCUT2D eigenvalue weighted by Crippen LogP contribution is 2.07. The first kappa shape index (κ1) is 9.74. The van der Waals surface area contributed by atoms with Gasteiger partial charge < -0.3 is 0 Å². The Kier molecular flexibility index (Phi) is 5.38. The van der Waals surface area contributed by atoms with Crippen molar-refractivity contribution >= 4 is 0 Å². The van der Waals surface area contributed by atoms with E-state index in [1.54, 1.807) is 0 Å². The van der Waals surface area contributed by atoms with E-state index in [1.807, 2.05) is 0 Å². The molecule has 0 aromatic rings. The van der Waals surface area contributed by atoms with Crippen LogP contribution >= 0.6 is 0 Å². The molecular formula is C10H20. The predicted octanol–water partition coefficient (Wildman–Crippen LogP) is 3.63. The molecule has 0 nitrogen and oxygen atoms in total. The molecule has 0 aromatic carbocycles. The molecule has 0 saturated heterocycles. The maximum atomic E-state index is 2.30. The number of hydrogen-bond donors (Lipinski definition) is 0. The number of rotatable bonds is 4. The Labute approximate surface area is 65.3 Å². The molecule has 0 N–H and O–H groups in total. The molecule has 60 valence electrons. The minimum atomic E-state index is 0.712. The first-order valence-corrected chi connectivity index (χ1v) is 4.33. The summed E-state index contributed by atoms with van der Waals surface area (Å²) in [5.41, 5.74) is 0. The van der Waals surface area contributed by atoms with Crippen molar-refractivity contribution in [3.8, 4) is 0 Å². The Hall–Kier alpha value is -0.260. The van der Waals surface area contributed by atoms with Gasteiger partial charge in [0.1, 0.15) is 0 Å². The molecule has 0 aromatic heterocycles. The first-order valence-electron chi connectivity index (χ1n) is 4.33. The summed E-state index contributed by atoms with van der Waals surface area (Å²) in [6, 6.07) is 0. The van der Waals surface area contributed by atoms with E-state index in [2.05, 4.69) is 39.8 Å². The van der Waals surface area contributed by atoms with Crippen LogP contribution in [0.25, 0.3) is 0 Å². The fraction of sp³-hybridized carbons (Fsp3) is 0.800. The van der Waals surface area contributed by atoms with Gasteiger partial charge in [0.15, 0.2) is 0 Å². The van der Waals surface area contributed by atoms with Crippen molar-refractivity contribution in [2.75, 3.05) is 0 Å². The zero-order chi connectivity index (χ0) is 7.98. The summed E-state index contributed by atoms with van der Waals surface area (Å²) in [4.78, 5) is 0. The quantitative estimate of drug-likeness (QED) is 0.523. The molecule has 1 unspecified atom stereocenters. The van der Waals surface area contributed by atoms with Crippen LogP contribution in [0.3, 0.4) is 0 Å². The maximum Gasteiger partial charge on any atom is -0.0290 e. The summed E-state index contributed by atoms with van der Waals surface area (Å²) in [5.74, 6) is 1.57. The van der Waals surface area contributed by atoms with Gasteiger partial charge in [-0.15, -0.1) is 0 Å². The van der Waals surface area contributed by atoms with Crippen LogP contribution in [0.4, 0.5) is 0 Å². The summed E-state index contributed by atoms with van der Waals surface area (Å²) in [6.45, 7) is 8.97. The summed E-state index contributed by atoms with van der Waals surface area (Å²) in [7, 11) is 0. The lowest BCUT2D eigenvalue weighted by atomic mass is 10.0. The Morgan fingerprint density at radius 3 is 2.20 bits per heavy atom. The second kappa shape index (κ2) is 5.52. The van der Waals surface area contributed by atoms with Gasteiger partial charge in [-0.2, -0.15) is 0 Å². The zero-order valence-electron chi connectivity index (χ0n) is 7.72. The standard InChI is InChI=1S/C10H20/c1-5-10(4)8-6-7-9(2)3/h6-7,9-10H,5,8H2,1-4H3. The van der Waals surface area contributed by atoms with Crippen molar-refractivity contribution < 1.29 is 0 Å². The van der Waals surface area contributed by atoms with E-state index in [0.29, 0.717) is 5.92 Å². The fourth-order valence-electron chi connectivity index (χ4n) is 0.750. The van der Waals surface area contributed by atoms with E-state index in [-0.39, 0.29) is 0 Å². The van der Waals surface area contributed by atoms with E-state index in [0.717, 1.165) is 5.92 Å². The molecule has 0 heterocycles. The van der Waals surface area contributed by atoms with E-state index >= 15 is 0 Å². The molecular weight excluding hydrogens is 120 g/mol. The molecule has 0 aliphatic carbocycles. The minimum absolute atomic E-state index is 0.712. The largest absolute Gasteiger partial charge is 0.0880 e. The Morgan fingerprint density at radius 1 is 1.20 bits per heavy atom. The van der Waals surface area contributed by atoms with Crippen LogP contribution in [-0.2, 0) is 0 Å². The molecule has 10 heavy (non-hydrogen) atoms. The highest BCUT2D eigenvalue weighted by Gasteiger charge is 1.93. The van der Waals surface area contributed by atoms with Gasteiger partial charge in [0, 0.05) is 0 Å². The predicted molar refractivity (Wildman–Crippen MR) is 48.1 cm³/mol. The molecule has 0 rings (SSSR count). The lowest BCUT2D eigenvalue weighted by Gasteiger charge is -2.02. The SMILES string of the molecule is CCC(C)CC=CC(C)C. The monoisotopic (exact) mass is 140 g/mol. The van der Waals surface area contributed by atoms with Crippen molar-refractivity contribution in [2.45, 2.75) is 40.5 Å². The van der Waals surface area contributed by atoms with Gasteiger partial charge in [0.05, 0.1) is 0 Å². The summed E-state index contributed by atoms with van der Waals surface area (Å²) >= 11 is 0. The third-order valence-corrected chi connectivity index (χ3v) is 1.76. The highest BCUT2D eigenvalue weighted by atomic mass is 14.0. The molecule has 0 saturated carbocycles. The molecule has 0 bridgehead atoms. The minimum Gasteiger partial charge on any atom is -0.0880 e. The second-order valence-corrected chi connectivity index (χ2v) is 3.42. The molecule has 0 aliphatic rings. The smallest absolute Gasteiger partial charge is 0.0290 e. The third-order valence-electron chi connectivity index (χ3n) is 1.76. The average molecular weight is 140 g/mol. The van der Waals surface area contributed by atoms with Gasteiger partial charge in [-0.05, 0) is 18.3 Å². The van der Waals surface area contributed by atoms with Crippen molar-refractivity contribution in [1.29, 1.82) is 0 Å². The fourth-order valence-corrected chi connectivity index (χ4v) is 0.750. The van der Waals surface area contributed by atoms with Crippen LogP contribution in [0.2, 0.25) is 0 Å². The highest BCUT2D eigenvalue weighted by molar-refractivity contribution is 4.85. The Morgan fingerprint density at radius 2 is 1.80 bits per heavy atom. The Bertz CT molecular complexity index is 90.2. The lowest BCUT2D eigenvalue weighted by molar-refractivity contribution is 0.570. The van der Waals surface area contributed by atoms with Crippen LogP contribution in [0.5, 0.6) is 0 Å². The lowest BCUT2D eigenvalue weighted by Crippen LogP contribution is -1.88. The first-order chi connectivity index (χ1) is 4.66. The second-order valence-electron chi connectivity index (χ2n) is 3.42. The van der Waals surface area contributed by atoms with E-state index in [1.165, 1.54) is 12.8 Å². The molecule has 0 aliphatic heterocycles. The van der Waals surface area contributed by atoms with E-state index in [4.69, 9.17) is 0 Å². The van der Waals surface area contributed by atoms with Crippen LogP contribution in [0.1, 0.15) is 40.5 Å². The molecule has 0 heteroatoms. The van der Waals surface area contributed by atoms with Crippen molar-refractivity contribution in [1.82, 2.24) is 0 Å². The van der Waals surface area contributed by atoms with Crippen LogP contribution in [-0.4, -0.2) is 0 Å². The van der Waals surface area contributed by atoms with Gasteiger partial charge in [-0.25, -0.2) is 0 Å². The maximum absolute atomic E-state index is 2.30. The number of hydrogen-bond acceptors (Lipinski definition) is 0. The van der Waals surface area contributed by atoms with Crippen LogP contribution < -0.4 is 0 Å². The summed E-state index contributed by atoms with van der Waals surface area (Å²) < 4.78 is 0. The molecule has 0 fully saturated rings. The average Bonchev–Trinajstić information content (AvgIpc) is 1.87. The van der Waals surface area contributed by atoms with Gasteiger partial charge in [-0.1, -0.05) is 46.3 Å². The van der Waals surface area contributed by atoms with Gasteiger partial charge in [-0.3, -0.25) is 0 Å². The normalized spacial score (nSPS) is 14.9. The van der Waals surface area contributed by atoms with E-state index in [9.17, 15) is 0 Å². The zero-order valence-corrected chi connectivity index (χ0v) is 7.72. The molecule has 0 amide bonds. The molecule has 0 spiro atoms. The molecule has 0 radical (unpaired) electrons. The summed E-state index contributed by atoms with van der Waals surface area (Å²) in [5, 5.41) is 0. The van der Waals surface area contributed by atoms with Gasteiger partial charge in [0.2, 0.25) is 0 Å². The van der Waals surface area contributed by atoms with Crippen LogP contribution in [0, 0.1) is 11.8 Å². The topological polar surface area (TPSA) is 0 Å².